The number of benzene rings is 1. The highest BCUT2D eigenvalue weighted by Gasteiger charge is 2.40. The highest BCUT2D eigenvalue weighted by molar-refractivity contribution is 9.10. The summed E-state index contributed by atoms with van der Waals surface area (Å²) in [6.07, 6.45) is 2.06. The number of fused-ring (bicyclic) bond motifs is 3. The number of thiol groups is 1. The van der Waals surface area contributed by atoms with E-state index in [2.05, 4.69) is 39.2 Å². The summed E-state index contributed by atoms with van der Waals surface area (Å²) in [7, 11) is 0. The molecule has 2 unspecified atom stereocenters. The van der Waals surface area contributed by atoms with E-state index in [-0.39, 0.29) is 22.6 Å². The zero-order chi connectivity index (χ0) is 17.6. The van der Waals surface area contributed by atoms with Gasteiger partial charge in [-0.2, -0.15) is 0 Å². The van der Waals surface area contributed by atoms with Crippen molar-refractivity contribution in [3.05, 3.63) is 39.0 Å². The Kier molecular flexibility index (Phi) is 4.74. The number of thioether (sulfide) groups is 1. The maximum absolute atomic E-state index is 12.6. The minimum atomic E-state index is -0.279. The number of rotatable bonds is 3. The van der Waals surface area contributed by atoms with Crippen LogP contribution in [0.15, 0.2) is 33.4 Å². The summed E-state index contributed by atoms with van der Waals surface area (Å²) in [6.45, 7) is 1.23. The molecule has 2 N–H and O–H groups in total. The number of anilines is 1. The lowest BCUT2D eigenvalue weighted by atomic mass is 10.1. The van der Waals surface area contributed by atoms with E-state index in [1.165, 1.54) is 11.8 Å². The minimum Gasteiger partial charge on any atom is -0.376 e. The van der Waals surface area contributed by atoms with E-state index < -0.39 is 0 Å². The lowest BCUT2D eigenvalue weighted by molar-refractivity contribution is -0.117. The zero-order valence-corrected chi connectivity index (χ0v) is 16.4. The number of hydrogen-bond donors (Lipinski definition) is 3. The predicted molar refractivity (Wildman–Crippen MR) is 103 cm³/mol. The van der Waals surface area contributed by atoms with Gasteiger partial charge in [0.25, 0.3) is 11.8 Å². The lowest BCUT2D eigenvalue weighted by Crippen LogP contribution is -2.42. The Labute approximate surface area is 163 Å². The molecule has 1 fully saturated rings. The molecule has 1 aromatic rings. The van der Waals surface area contributed by atoms with Crippen LogP contribution in [-0.4, -0.2) is 35.8 Å². The molecule has 0 spiro atoms. The van der Waals surface area contributed by atoms with Crippen LogP contribution in [-0.2, 0) is 9.53 Å². The molecule has 25 heavy (non-hydrogen) atoms. The average Bonchev–Trinajstić information content (AvgIpc) is 3.21. The molecule has 0 saturated carbocycles. The maximum atomic E-state index is 12.6. The SMILES string of the molecule is O=C(NCC1CCCO1)C1=C2NC(=O)c3cc(Br)ccc3N2C(S)S1. The molecule has 0 bridgehead atoms. The summed E-state index contributed by atoms with van der Waals surface area (Å²) in [5.74, 6) is 0.0579. The first-order valence-corrected chi connectivity index (χ1v) is 10.1. The number of halogens is 1. The molecule has 0 aliphatic carbocycles. The summed E-state index contributed by atoms with van der Waals surface area (Å²) in [6, 6.07) is 5.49. The van der Waals surface area contributed by atoms with Gasteiger partial charge in [0.15, 0.2) is 0 Å². The summed E-state index contributed by atoms with van der Waals surface area (Å²) in [5, 5.41) is 5.74. The number of nitrogens with one attached hydrogen (secondary N) is 2. The van der Waals surface area contributed by atoms with E-state index in [0.29, 0.717) is 22.8 Å². The standard InChI is InChI=1S/C16H16BrN3O3S2/c17-8-3-4-11-10(6-8)14(21)19-13-12(25-16(24)20(11)13)15(22)18-7-9-2-1-5-23-9/h3-4,6,9,16,24H,1-2,5,7H2,(H,18,22)(H,19,21). The van der Waals surface area contributed by atoms with Crippen LogP contribution in [0, 0.1) is 0 Å². The molecule has 6 nitrogen and oxygen atoms in total. The number of nitrogens with zero attached hydrogens (tertiary/aromatic N) is 1. The monoisotopic (exact) mass is 441 g/mol. The van der Waals surface area contributed by atoms with Gasteiger partial charge in [0, 0.05) is 17.6 Å². The highest BCUT2D eigenvalue weighted by atomic mass is 79.9. The molecule has 9 heteroatoms. The fourth-order valence-electron chi connectivity index (χ4n) is 3.12. The molecule has 132 valence electrons. The summed E-state index contributed by atoms with van der Waals surface area (Å²) in [4.78, 5) is 27.4. The molecular formula is C16H16BrN3O3S2. The van der Waals surface area contributed by atoms with Gasteiger partial charge in [-0.1, -0.05) is 27.7 Å². The van der Waals surface area contributed by atoms with Crippen molar-refractivity contribution in [2.24, 2.45) is 0 Å². The topological polar surface area (TPSA) is 70.7 Å². The Morgan fingerprint density at radius 3 is 3.12 bits per heavy atom. The van der Waals surface area contributed by atoms with Gasteiger partial charge in [0.05, 0.1) is 17.4 Å². The summed E-state index contributed by atoms with van der Waals surface area (Å²) >= 11 is 9.29. The fraction of sp³-hybridized carbons (Fsp3) is 0.375. The van der Waals surface area contributed by atoms with Crippen molar-refractivity contribution in [1.82, 2.24) is 10.6 Å². The first-order valence-electron chi connectivity index (χ1n) is 7.93. The van der Waals surface area contributed by atoms with Crippen molar-refractivity contribution in [3.63, 3.8) is 0 Å². The Bertz CT molecular complexity index is 780. The quantitative estimate of drug-likeness (QED) is 0.628. The zero-order valence-electron chi connectivity index (χ0n) is 13.1. The van der Waals surface area contributed by atoms with Crippen LogP contribution < -0.4 is 15.5 Å². The maximum Gasteiger partial charge on any atom is 0.261 e. The van der Waals surface area contributed by atoms with Crippen molar-refractivity contribution in [2.75, 3.05) is 18.1 Å². The van der Waals surface area contributed by atoms with Gasteiger partial charge < -0.3 is 20.3 Å². The molecule has 3 aliphatic rings. The first kappa shape index (κ1) is 17.3. The Balaban J connectivity index is 1.60. The molecule has 1 aromatic carbocycles. The Hall–Kier alpha value is -1.16. The summed E-state index contributed by atoms with van der Waals surface area (Å²) in [5.41, 5.74) is 1.30. The second kappa shape index (κ2) is 6.86. The molecule has 4 rings (SSSR count). The molecule has 3 heterocycles. The highest BCUT2D eigenvalue weighted by Crippen LogP contribution is 2.45. The van der Waals surface area contributed by atoms with Gasteiger partial charge in [-0.05, 0) is 31.0 Å². The van der Waals surface area contributed by atoms with Crippen molar-refractivity contribution in [1.29, 1.82) is 0 Å². The number of ether oxygens (including phenoxy) is 1. The molecule has 3 aliphatic heterocycles. The third-order valence-electron chi connectivity index (χ3n) is 4.32. The van der Waals surface area contributed by atoms with Crippen LogP contribution in [0.1, 0.15) is 23.2 Å². The van der Waals surface area contributed by atoms with E-state index >= 15 is 0 Å². The average molecular weight is 442 g/mol. The number of carbonyl (C=O) groups excluding carboxylic acids is 2. The minimum absolute atomic E-state index is 0.0721. The van der Waals surface area contributed by atoms with Crippen LogP contribution in [0.4, 0.5) is 5.69 Å². The van der Waals surface area contributed by atoms with E-state index in [9.17, 15) is 9.59 Å². The van der Waals surface area contributed by atoms with Crippen LogP contribution >= 0.6 is 40.3 Å². The smallest absolute Gasteiger partial charge is 0.261 e. The third-order valence-corrected chi connectivity index (χ3v) is 6.39. The molecule has 0 aromatic heterocycles. The fourth-order valence-corrected chi connectivity index (χ4v) is 5.01. The van der Waals surface area contributed by atoms with Crippen molar-refractivity contribution in [2.45, 2.75) is 23.7 Å². The van der Waals surface area contributed by atoms with Gasteiger partial charge in [0.1, 0.15) is 15.4 Å². The Morgan fingerprint density at radius 1 is 1.52 bits per heavy atom. The van der Waals surface area contributed by atoms with Gasteiger partial charge in [-0.15, -0.1) is 12.6 Å². The van der Waals surface area contributed by atoms with Gasteiger partial charge in [-0.25, -0.2) is 0 Å². The van der Waals surface area contributed by atoms with E-state index in [1.54, 1.807) is 6.07 Å². The van der Waals surface area contributed by atoms with Crippen LogP contribution in [0.25, 0.3) is 0 Å². The Morgan fingerprint density at radius 2 is 2.36 bits per heavy atom. The van der Waals surface area contributed by atoms with Crippen LogP contribution in [0.3, 0.4) is 0 Å². The van der Waals surface area contributed by atoms with Gasteiger partial charge in [0.2, 0.25) is 0 Å². The number of hydrogen-bond acceptors (Lipinski definition) is 6. The summed E-state index contributed by atoms with van der Waals surface area (Å²) < 4.78 is 6.08. The normalized spacial score (nSPS) is 24.9. The van der Waals surface area contributed by atoms with Crippen molar-refractivity contribution < 1.29 is 14.3 Å². The number of amides is 2. The van der Waals surface area contributed by atoms with Gasteiger partial charge in [-0.3, -0.25) is 9.59 Å². The lowest BCUT2D eigenvalue weighted by Gasteiger charge is -2.32. The predicted octanol–water partition coefficient (Wildman–Crippen LogP) is 2.42. The molecular weight excluding hydrogens is 426 g/mol. The first-order chi connectivity index (χ1) is 12.0. The molecule has 2 atom stereocenters. The largest absolute Gasteiger partial charge is 0.376 e. The second-order valence-electron chi connectivity index (χ2n) is 5.95. The van der Waals surface area contributed by atoms with Crippen molar-refractivity contribution in [3.8, 4) is 0 Å². The van der Waals surface area contributed by atoms with E-state index in [0.717, 1.165) is 29.6 Å². The third kappa shape index (κ3) is 3.18. The van der Waals surface area contributed by atoms with E-state index in [4.69, 9.17) is 4.74 Å². The number of carbonyl (C=O) groups is 2. The van der Waals surface area contributed by atoms with Crippen molar-refractivity contribution >= 4 is 57.8 Å². The van der Waals surface area contributed by atoms with Crippen LogP contribution in [0.2, 0.25) is 0 Å². The molecule has 0 radical (unpaired) electrons. The van der Waals surface area contributed by atoms with Crippen LogP contribution in [0.5, 0.6) is 0 Å². The van der Waals surface area contributed by atoms with E-state index in [1.807, 2.05) is 17.0 Å². The second-order valence-corrected chi connectivity index (χ2v) is 8.80. The molecule has 1 saturated heterocycles. The molecule has 2 amide bonds. The van der Waals surface area contributed by atoms with Gasteiger partial charge >= 0.3 is 0 Å².